The van der Waals surface area contributed by atoms with Crippen molar-refractivity contribution in [3.8, 4) is 0 Å². The van der Waals surface area contributed by atoms with Crippen LogP contribution in [0.3, 0.4) is 0 Å². The van der Waals surface area contributed by atoms with Crippen molar-refractivity contribution in [2.45, 2.75) is 57.4 Å². The first-order valence-electron chi connectivity index (χ1n) is 17.0. The molecule has 0 saturated carbocycles. The molecule has 0 amide bonds. The number of nitrogens with zero attached hydrogens (tertiary/aromatic N) is 2. The van der Waals surface area contributed by atoms with Gasteiger partial charge in [-0.25, -0.2) is 4.58 Å². The second-order valence-electron chi connectivity index (χ2n) is 13.4. The van der Waals surface area contributed by atoms with E-state index in [0.717, 1.165) is 22.9 Å². The number of allylic oxidation sites excluding steroid dienone is 6. The zero-order valence-electron chi connectivity index (χ0n) is 26.0. The third-order valence-corrected chi connectivity index (χ3v) is 11.1. The Morgan fingerprint density at radius 2 is 1.44 bits per heavy atom. The van der Waals surface area contributed by atoms with Crippen LogP contribution in [0.15, 0.2) is 102 Å². The van der Waals surface area contributed by atoms with Gasteiger partial charge in [0.2, 0.25) is 5.36 Å². The highest BCUT2D eigenvalue weighted by Crippen LogP contribution is 2.42. The number of rotatable bonds is 5. The first kappa shape index (κ1) is 29.2. The van der Waals surface area contributed by atoms with E-state index in [1.165, 1.54) is 114 Å². The quantitative estimate of drug-likeness (QED) is 0.204. The first-order chi connectivity index (χ1) is 22.1. The van der Waals surface area contributed by atoms with Crippen molar-refractivity contribution in [3.63, 3.8) is 0 Å². The lowest BCUT2D eigenvalue weighted by Gasteiger charge is -2.47. The lowest BCUT2D eigenvalue weighted by Crippen LogP contribution is -2.49. The van der Waals surface area contributed by atoms with Crippen LogP contribution in [0.2, 0.25) is 10.0 Å². The molecule has 1 aliphatic carbocycles. The summed E-state index contributed by atoms with van der Waals surface area (Å²) in [6, 6.07) is 22.2. The van der Waals surface area contributed by atoms with Crippen molar-refractivity contribution in [2.24, 2.45) is 5.92 Å². The molecule has 0 radical (unpaired) electrons. The predicted molar refractivity (Wildman–Crippen MR) is 189 cm³/mol. The third-order valence-electron chi connectivity index (χ3n) is 10.6. The average Bonchev–Trinajstić information content (AvgIpc) is 3.06. The molecule has 45 heavy (non-hydrogen) atoms. The van der Waals surface area contributed by atoms with Crippen molar-refractivity contribution in [1.82, 2.24) is 9.48 Å². The number of benzene rings is 3. The van der Waals surface area contributed by atoms with E-state index in [-0.39, 0.29) is 0 Å². The fourth-order valence-corrected chi connectivity index (χ4v) is 8.90. The van der Waals surface area contributed by atoms with Crippen LogP contribution in [0, 0.1) is 5.92 Å². The Balaban J connectivity index is 1.26. The summed E-state index contributed by atoms with van der Waals surface area (Å²) < 4.78 is 2.62. The van der Waals surface area contributed by atoms with E-state index >= 15 is 0 Å². The Hall–Kier alpha value is -3.17. The van der Waals surface area contributed by atoms with E-state index in [1.54, 1.807) is 5.57 Å². The van der Waals surface area contributed by atoms with E-state index in [4.69, 9.17) is 23.2 Å². The molecule has 0 N–H and O–H groups in total. The number of aryl methyl sites for hydroxylation is 2. The van der Waals surface area contributed by atoms with Crippen LogP contribution in [-0.2, 0) is 12.8 Å². The van der Waals surface area contributed by atoms with E-state index in [0.29, 0.717) is 12.0 Å². The zero-order chi connectivity index (χ0) is 30.3. The Bertz CT molecular complexity index is 1830. The Labute approximate surface area is 277 Å². The van der Waals surface area contributed by atoms with Gasteiger partial charge >= 0.3 is 0 Å². The number of hydrogen-bond acceptors (Lipinski definition) is 1. The van der Waals surface area contributed by atoms with Crippen LogP contribution < -0.4 is 15.2 Å². The molecule has 3 aromatic rings. The van der Waals surface area contributed by atoms with E-state index in [9.17, 15) is 0 Å². The molecule has 2 atom stereocenters. The Morgan fingerprint density at radius 1 is 0.778 bits per heavy atom. The van der Waals surface area contributed by atoms with Crippen molar-refractivity contribution >= 4 is 34.3 Å². The van der Waals surface area contributed by atoms with Gasteiger partial charge in [0.05, 0.1) is 0 Å². The van der Waals surface area contributed by atoms with Gasteiger partial charge in [-0.1, -0.05) is 83.4 Å². The maximum absolute atomic E-state index is 6.36. The van der Waals surface area contributed by atoms with Crippen LogP contribution in [0.25, 0.3) is 11.1 Å². The van der Waals surface area contributed by atoms with Gasteiger partial charge in [0.15, 0.2) is 0 Å². The molecule has 3 aromatic carbocycles. The fourth-order valence-electron chi connectivity index (χ4n) is 8.65. The summed E-state index contributed by atoms with van der Waals surface area (Å²) in [5, 5.41) is 4.36. The predicted octanol–water partition coefficient (Wildman–Crippen LogP) is 7.96. The van der Waals surface area contributed by atoms with Gasteiger partial charge in [-0.2, -0.15) is 0 Å². The fraction of sp³-hybridized carbons (Fsp3) is 0.341. The van der Waals surface area contributed by atoms with Crippen molar-refractivity contribution < 1.29 is 0 Å². The average molecular weight is 633 g/mol. The minimum absolute atomic E-state index is 0.594. The van der Waals surface area contributed by atoms with Crippen molar-refractivity contribution in [3.05, 3.63) is 145 Å². The third kappa shape index (κ3) is 5.82. The molecule has 2 fully saturated rings. The van der Waals surface area contributed by atoms with Crippen LogP contribution in [-0.4, -0.2) is 37.1 Å². The molecule has 0 bridgehead atoms. The van der Waals surface area contributed by atoms with Gasteiger partial charge in [0, 0.05) is 40.1 Å². The van der Waals surface area contributed by atoms with Crippen LogP contribution in [0.5, 0.6) is 0 Å². The minimum atomic E-state index is 0.594. The van der Waals surface area contributed by atoms with Crippen molar-refractivity contribution in [1.29, 1.82) is 0 Å². The monoisotopic (exact) mass is 631 g/mol. The van der Waals surface area contributed by atoms with Crippen LogP contribution in [0.4, 0.5) is 0 Å². The summed E-state index contributed by atoms with van der Waals surface area (Å²) in [6.07, 6.45) is 21.8. The standard InChI is InChI=1S/C41H41Cl2N2/c42-36-16-12-28(13-17-36)38(34-24-30-6-2-20-44-21-3-7-31(25-34)40(30)44)10-1-11-39(29-14-18-37(43)19-15-29)35-26-32-8-4-22-45-23-5-9-33(27-35)41(32)45/h1,10-19,24-27,30,40H,2-9,20-23H2/q+1. The van der Waals surface area contributed by atoms with Gasteiger partial charge in [-0.05, 0) is 127 Å². The second-order valence-corrected chi connectivity index (χ2v) is 14.3. The molecule has 4 heterocycles. The summed E-state index contributed by atoms with van der Waals surface area (Å²) in [6.45, 7) is 4.87. The molecule has 2 nitrogen and oxygen atoms in total. The molecular weight excluding hydrogens is 591 g/mol. The van der Waals surface area contributed by atoms with Crippen molar-refractivity contribution in [2.75, 3.05) is 26.2 Å². The molecule has 4 heteroatoms. The number of halogens is 2. The Kier molecular flexibility index (Phi) is 8.16. The lowest BCUT2D eigenvalue weighted by molar-refractivity contribution is 0.114. The van der Waals surface area contributed by atoms with E-state index < -0.39 is 0 Å². The summed E-state index contributed by atoms with van der Waals surface area (Å²) in [5.74, 6) is 0.594. The SMILES string of the molecule is Clc1ccc(C(=CC=CC(c2ccc(Cl)cc2)=c2cc3c4c(c2)CCC[N+]=4CCC3)C2=CC3CCCN4CCCC(=C2)C34)cc1. The molecule has 0 aromatic heterocycles. The van der Waals surface area contributed by atoms with Gasteiger partial charge in [0.25, 0.3) is 0 Å². The summed E-state index contributed by atoms with van der Waals surface area (Å²) in [7, 11) is 0. The van der Waals surface area contributed by atoms with E-state index in [2.05, 4.69) is 76.3 Å². The molecule has 2 unspecified atom stereocenters. The van der Waals surface area contributed by atoms with Gasteiger partial charge in [0.1, 0.15) is 13.1 Å². The highest BCUT2D eigenvalue weighted by atomic mass is 35.5. The second kappa shape index (κ2) is 12.6. The van der Waals surface area contributed by atoms with Crippen LogP contribution in [0.1, 0.15) is 60.8 Å². The van der Waals surface area contributed by atoms with Gasteiger partial charge < -0.3 is 0 Å². The number of hydrogen-bond donors (Lipinski definition) is 0. The van der Waals surface area contributed by atoms with Gasteiger partial charge in [-0.15, -0.1) is 0 Å². The summed E-state index contributed by atoms with van der Waals surface area (Å²) >= 11 is 12.7. The lowest BCUT2D eigenvalue weighted by atomic mass is 9.74. The normalized spacial score (nSPS) is 22.9. The van der Waals surface area contributed by atoms with Crippen LogP contribution >= 0.6 is 23.2 Å². The van der Waals surface area contributed by atoms with E-state index in [1.807, 2.05) is 24.3 Å². The zero-order valence-corrected chi connectivity index (χ0v) is 27.5. The molecule has 228 valence electrons. The topological polar surface area (TPSA) is 6.25 Å². The highest BCUT2D eigenvalue weighted by Gasteiger charge is 2.37. The largest absolute Gasteiger partial charge is 0.296 e. The maximum atomic E-state index is 6.36. The highest BCUT2D eigenvalue weighted by molar-refractivity contribution is 6.30. The van der Waals surface area contributed by atoms with Gasteiger partial charge in [-0.3, -0.25) is 4.90 Å². The molecule has 8 rings (SSSR count). The molecule has 5 aliphatic rings. The molecule has 2 saturated heterocycles. The number of piperidine rings is 2. The molecule has 0 spiro atoms. The maximum Gasteiger partial charge on any atom is 0.206 e. The smallest absolute Gasteiger partial charge is 0.206 e. The molecule has 4 aliphatic heterocycles. The Morgan fingerprint density at radius 3 is 2.16 bits per heavy atom. The summed E-state index contributed by atoms with van der Waals surface area (Å²) in [5.41, 5.74) is 10.9. The minimum Gasteiger partial charge on any atom is -0.296 e. The summed E-state index contributed by atoms with van der Waals surface area (Å²) in [4.78, 5) is 2.74. The molecular formula is C41H41Cl2N2+. The first-order valence-corrected chi connectivity index (χ1v) is 17.7.